The van der Waals surface area contributed by atoms with E-state index >= 15 is 0 Å². The highest BCUT2D eigenvalue weighted by Gasteiger charge is 2.46. The summed E-state index contributed by atoms with van der Waals surface area (Å²) in [5.74, 6) is -2.02. The summed E-state index contributed by atoms with van der Waals surface area (Å²) in [5.41, 5.74) is -0.177. The lowest BCUT2D eigenvalue weighted by molar-refractivity contribution is -0.145. The van der Waals surface area contributed by atoms with Crippen LogP contribution in [-0.2, 0) is 19.9 Å². The molecule has 0 spiro atoms. The smallest absolute Gasteiger partial charge is 0.387 e. The Balaban J connectivity index is 1.59. The molecule has 0 aliphatic carbocycles. The molecule has 9 nitrogen and oxygen atoms in total. The molecule has 0 saturated carbocycles. The lowest BCUT2D eigenvalue weighted by atomic mass is 9.84. The summed E-state index contributed by atoms with van der Waals surface area (Å²) >= 11 is 5.97. The third kappa shape index (κ3) is 6.10. The second-order valence-corrected chi connectivity index (χ2v) is 10.6. The molecule has 3 heterocycles. The number of anilines is 1. The fourth-order valence-corrected chi connectivity index (χ4v) is 5.52. The van der Waals surface area contributed by atoms with Gasteiger partial charge in [-0.25, -0.2) is 0 Å². The van der Waals surface area contributed by atoms with E-state index < -0.39 is 29.9 Å². The highest BCUT2D eigenvalue weighted by molar-refractivity contribution is 6.30. The lowest BCUT2D eigenvalue weighted by Crippen LogP contribution is -2.55. The van der Waals surface area contributed by atoms with Crippen LogP contribution < -0.4 is 10.1 Å². The number of nitrogens with one attached hydrogen (secondary N) is 1. The molecule has 1 aromatic carbocycles. The first-order valence-electron chi connectivity index (χ1n) is 12.7. The molecule has 2 N–H and O–H groups in total. The van der Waals surface area contributed by atoms with Crippen LogP contribution in [0.25, 0.3) is 0 Å². The maximum Gasteiger partial charge on any atom is 0.387 e. The van der Waals surface area contributed by atoms with Gasteiger partial charge in [0, 0.05) is 49.2 Å². The average molecular weight is 555 g/mol. The largest absolute Gasteiger partial charge is 0.481 e. The van der Waals surface area contributed by atoms with Crippen molar-refractivity contribution in [2.75, 3.05) is 38.2 Å². The van der Waals surface area contributed by atoms with E-state index in [1.54, 1.807) is 10.9 Å². The number of carboxylic acids is 1. The molecule has 2 atom stereocenters. The van der Waals surface area contributed by atoms with E-state index in [9.17, 15) is 23.5 Å². The van der Waals surface area contributed by atoms with Gasteiger partial charge in [-0.15, -0.1) is 0 Å². The van der Waals surface area contributed by atoms with Gasteiger partial charge >= 0.3 is 12.6 Å². The van der Waals surface area contributed by atoms with Crippen LogP contribution in [0.3, 0.4) is 0 Å². The maximum atomic E-state index is 14.0. The Morgan fingerprint density at radius 1 is 1.29 bits per heavy atom. The zero-order valence-corrected chi connectivity index (χ0v) is 22.2. The predicted octanol–water partition coefficient (Wildman–Crippen LogP) is 4.43. The number of halogens is 3. The minimum absolute atomic E-state index is 0.0423. The first-order valence-corrected chi connectivity index (χ1v) is 13.1. The molecular weight excluding hydrogens is 522 g/mol. The third-order valence-corrected chi connectivity index (χ3v) is 7.72. The maximum absolute atomic E-state index is 14.0. The molecule has 0 bridgehead atoms. The number of aliphatic carboxylic acids is 1. The highest BCUT2D eigenvalue weighted by Crippen LogP contribution is 2.37. The van der Waals surface area contributed by atoms with Crippen LogP contribution in [0, 0.1) is 11.8 Å². The van der Waals surface area contributed by atoms with Crippen molar-refractivity contribution < 1.29 is 33.0 Å². The van der Waals surface area contributed by atoms with Crippen LogP contribution in [0.2, 0.25) is 5.02 Å². The molecule has 2 saturated heterocycles. The molecule has 0 unspecified atom stereocenters. The number of aromatic nitrogens is 2. The van der Waals surface area contributed by atoms with Crippen molar-refractivity contribution in [3.05, 3.63) is 41.2 Å². The van der Waals surface area contributed by atoms with E-state index in [4.69, 9.17) is 16.3 Å². The molecule has 38 heavy (non-hydrogen) atoms. The normalized spacial score (nSPS) is 20.6. The molecule has 2 aliphatic heterocycles. The minimum atomic E-state index is -3.09. The predicted molar refractivity (Wildman–Crippen MR) is 137 cm³/mol. The van der Waals surface area contributed by atoms with Crippen LogP contribution >= 0.6 is 11.6 Å². The summed E-state index contributed by atoms with van der Waals surface area (Å²) in [6.45, 7) is 3.20. The van der Waals surface area contributed by atoms with Crippen LogP contribution in [0.4, 0.5) is 14.5 Å². The van der Waals surface area contributed by atoms with Crippen molar-refractivity contribution in [3.8, 4) is 5.75 Å². The molecular formula is C26H33ClF2N4O5. The van der Waals surface area contributed by atoms with Crippen molar-refractivity contribution in [1.29, 1.82) is 0 Å². The van der Waals surface area contributed by atoms with Gasteiger partial charge in [-0.2, -0.15) is 13.9 Å². The van der Waals surface area contributed by atoms with E-state index in [2.05, 4.69) is 20.1 Å². The number of piperidine rings is 1. The van der Waals surface area contributed by atoms with Gasteiger partial charge in [-0.05, 0) is 49.3 Å². The Bertz CT molecular complexity index is 1130. The van der Waals surface area contributed by atoms with Crippen LogP contribution in [0.15, 0.2) is 30.5 Å². The summed E-state index contributed by atoms with van der Waals surface area (Å²) < 4.78 is 37.8. The first-order chi connectivity index (χ1) is 18.1. The van der Waals surface area contributed by atoms with Crippen molar-refractivity contribution in [3.63, 3.8) is 0 Å². The van der Waals surface area contributed by atoms with E-state index in [1.807, 2.05) is 19.9 Å². The van der Waals surface area contributed by atoms with Crippen LogP contribution in [0.1, 0.15) is 44.7 Å². The molecule has 2 aliphatic rings. The minimum Gasteiger partial charge on any atom is -0.481 e. The Morgan fingerprint density at radius 2 is 2.03 bits per heavy atom. The number of benzene rings is 1. The van der Waals surface area contributed by atoms with Gasteiger partial charge in [0.05, 0.1) is 18.2 Å². The zero-order valence-electron chi connectivity index (χ0n) is 21.4. The molecule has 12 heteroatoms. The van der Waals surface area contributed by atoms with Crippen molar-refractivity contribution >= 4 is 29.2 Å². The topological polar surface area (TPSA) is 106 Å². The summed E-state index contributed by atoms with van der Waals surface area (Å²) in [6, 6.07) is 6.00. The number of carbonyl (C=O) groups is 2. The average Bonchev–Trinajstić information content (AvgIpc) is 3.57. The lowest BCUT2D eigenvalue weighted by Gasteiger charge is -2.42. The van der Waals surface area contributed by atoms with Gasteiger partial charge < -0.3 is 24.8 Å². The summed E-state index contributed by atoms with van der Waals surface area (Å²) in [7, 11) is 0. The van der Waals surface area contributed by atoms with E-state index in [1.165, 1.54) is 18.2 Å². The molecule has 2 fully saturated rings. The SMILES string of the molecule is CC(C)c1ccnn1C1(C(=O)Nc2ccc(Cl)cc2OC(F)F)CCN(C[C@H](C(=O)O)[C@H]2CCOC2)CC1. The molecule has 2 aromatic rings. The summed E-state index contributed by atoms with van der Waals surface area (Å²) in [4.78, 5) is 28.0. The first kappa shape index (κ1) is 28.3. The fraction of sp³-hybridized carbons (Fsp3) is 0.577. The Labute approximate surface area is 225 Å². The number of likely N-dealkylation sites (tertiary alicyclic amines) is 1. The number of carbonyl (C=O) groups excluding carboxylic acids is 1. The Morgan fingerprint density at radius 3 is 2.63 bits per heavy atom. The van der Waals surface area contributed by atoms with Crippen molar-refractivity contribution in [2.45, 2.75) is 51.2 Å². The standard InChI is InChI=1S/C26H33ClF2N4O5/c1-16(2)21-5-9-30-33(21)26(24(36)31-20-4-3-18(27)13-22(20)38-25(28)29)7-10-32(11-8-26)14-19(23(34)35)17-6-12-37-15-17/h3-5,9,13,16-17,19,25H,6-8,10-12,14-15H2,1-2H3,(H,31,36)(H,34,35)/t17-,19-/m0/s1. The van der Waals surface area contributed by atoms with Gasteiger partial charge in [-0.3, -0.25) is 14.3 Å². The Kier molecular flexibility index (Phi) is 8.89. The molecule has 208 valence electrons. The van der Waals surface area contributed by atoms with Crippen LogP contribution in [0.5, 0.6) is 5.75 Å². The number of alkyl halides is 2. The van der Waals surface area contributed by atoms with E-state index in [0.717, 1.165) is 5.69 Å². The molecule has 1 amide bonds. The van der Waals surface area contributed by atoms with Crippen molar-refractivity contribution in [1.82, 2.24) is 14.7 Å². The number of nitrogens with zero attached hydrogens (tertiary/aromatic N) is 3. The quantitative estimate of drug-likeness (QED) is 0.447. The number of hydrogen-bond acceptors (Lipinski definition) is 6. The molecule has 4 rings (SSSR count). The second kappa shape index (κ2) is 12.0. The zero-order chi connectivity index (χ0) is 27.4. The Hall–Kier alpha value is -2.76. The molecule has 0 radical (unpaired) electrons. The number of hydrogen-bond donors (Lipinski definition) is 2. The van der Waals surface area contributed by atoms with Gasteiger partial charge in [0.2, 0.25) is 0 Å². The van der Waals surface area contributed by atoms with Gasteiger partial charge in [-0.1, -0.05) is 25.4 Å². The van der Waals surface area contributed by atoms with Gasteiger partial charge in [0.15, 0.2) is 5.75 Å². The fourth-order valence-electron chi connectivity index (χ4n) is 5.36. The monoisotopic (exact) mass is 554 g/mol. The number of carboxylic acid groups (broad SMARTS) is 1. The van der Waals surface area contributed by atoms with E-state index in [0.29, 0.717) is 52.1 Å². The number of ether oxygens (including phenoxy) is 2. The number of amides is 1. The molecule has 1 aromatic heterocycles. The number of rotatable bonds is 10. The van der Waals surface area contributed by atoms with E-state index in [-0.39, 0.29) is 28.3 Å². The second-order valence-electron chi connectivity index (χ2n) is 10.2. The van der Waals surface area contributed by atoms with Crippen LogP contribution in [-0.4, -0.2) is 71.1 Å². The van der Waals surface area contributed by atoms with Gasteiger partial charge in [0.25, 0.3) is 5.91 Å². The summed E-state index contributed by atoms with van der Waals surface area (Å²) in [5, 5.41) is 17.3. The van der Waals surface area contributed by atoms with Gasteiger partial charge in [0.1, 0.15) is 5.54 Å². The van der Waals surface area contributed by atoms with Crippen molar-refractivity contribution in [2.24, 2.45) is 11.8 Å². The third-order valence-electron chi connectivity index (χ3n) is 7.49. The summed E-state index contributed by atoms with van der Waals surface area (Å²) in [6.07, 6.45) is 3.07. The highest BCUT2D eigenvalue weighted by atomic mass is 35.5.